The van der Waals surface area contributed by atoms with Crippen molar-refractivity contribution in [3.05, 3.63) is 215 Å². The monoisotopic (exact) mass is 1600 g/mol. The maximum atomic E-state index is 14.6. The number of carboxylic acid groups (broad SMARTS) is 3. The number of hydrogen-bond acceptors (Lipinski definition) is 26. The number of piperidine rings is 1. The highest BCUT2D eigenvalue weighted by molar-refractivity contribution is 7.12. The summed E-state index contributed by atoms with van der Waals surface area (Å²) in [6.45, 7) is 9.95. The van der Waals surface area contributed by atoms with Gasteiger partial charge in [-0.2, -0.15) is 0 Å². The number of esters is 3. The summed E-state index contributed by atoms with van der Waals surface area (Å²) in [5.41, 5.74) is -0.692. The fraction of sp³-hybridized carbons (Fsp3) is 0.387. The normalized spacial score (nSPS) is 23.4. The summed E-state index contributed by atoms with van der Waals surface area (Å²) in [5.74, 6) is -11.9. The Balaban J connectivity index is 0.000000177. The van der Waals surface area contributed by atoms with Gasteiger partial charge in [0.1, 0.15) is 40.7 Å². The lowest BCUT2D eigenvalue weighted by atomic mass is 9.82. The zero-order valence-electron chi connectivity index (χ0n) is 60.8. The Morgan fingerprint density at radius 1 is 0.541 bits per heavy atom. The summed E-state index contributed by atoms with van der Waals surface area (Å²) >= 11 is 3.99. The van der Waals surface area contributed by atoms with Crippen LogP contribution in [0.15, 0.2) is 181 Å². The number of carbonyl (C=O) groups is 6. The molecule has 3 aromatic carbocycles. The number of carboxylic acids is 3. The van der Waals surface area contributed by atoms with E-state index in [4.69, 9.17) is 54.0 Å². The number of halogens is 7. The molecule has 6 aromatic rings. The third-order valence-electron chi connectivity index (χ3n) is 18.3. The number of hydrogen-bond donors (Lipinski definition) is 6. The van der Waals surface area contributed by atoms with Crippen molar-refractivity contribution >= 4 is 87.3 Å². The van der Waals surface area contributed by atoms with Crippen LogP contribution in [0.3, 0.4) is 0 Å². The molecule has 3 aromatic heterocycles. The maximum absolute atomic E-state index is 14.6. The number of nitrogens with zero attached hydrogens (tertiary/aromatic N) is 9. The molecule has 6 N–H and O–H groups in total. The summed E-state index contributed by atoms with van der Waals surface area (Å²) in [4.78, 5) is 105. The summed E-state index contributed by atoms with van der Waals surface area (Å²) in [6.07, 6.45) is 6.84. The molecule has 0 bridgehead atoms. The van der Waals surface area contributed by atoms with Crippen molar-refractivity contribution in [1.82, 2.24) is 45.6 Å². The van der Waals surface area contributed by atoms with Crippen LogP contribution in [-0.2, 0) is 69.1 Å². The number of aliphatic imine (C=N–C) groups is 3. The fourth-order valence-corrected chi connectivity index (χ4v) is 15.2. The number of likely N-dealkylation sites (tertiary alicyclic amines) is 2. The van der Waals surface area contributed by atoms with Gasteiger partial charge in [0, 0.05) is 122 Å². The lowest BCUT2D eigenvalue weighted by Gasteiger charge is -2.40. The molecule has 590 valence electrons. The number of benzene rings is 3. The molecule has 3 unspecified atom stereocenters. The molecule has 0 amide bonds. The van der Waals surface area contributed by atoms with Crippen LogP contribution in [0.2, 0.25) is 0 Å². The first-order chi connectivity index (χ1) is 52.8. The highest BCUT2D eigenvalue weighted by atomic mass is 32.1. The molecule has 6 atom stereocenters. The molecule has 0 saturated carbocycles. The topological polar surface area (TPSA) is 331 Å². The number of amidine groups is 3. The van der Waals surface area contributed by atoms with E-state index in [1.807, 2.05) is 5.38 Å². The van der Waals surface area contributed by atoms with E-state index in [2.05, 4.69) is 35.8 Å². The molecule has 0 spiro atoms. The highest BCUT2D eigenvalue weighted by Gasteiger charge is 2.50. The van der Waals surface area contributed by atoms with Crippen molar-refractivity contribution in [2.24, 2.45) is 15.0 Å². The minimum Gasteiger partial charge on any atom is -0.480 e. The van der Waals surface area contributed by atoms with E-state index in [1.165, 1.54) is 117 Å². The number of aromatic nitrogens is 3. The van der Waals surface area contributed by atoms with E-state index in [0.29, 0.717) is 86.7 Å². The van der Waals surface area contributed by atoms with Crippen LogP contribution in [0.5, 0.6) is 0 Å². The van der Waals surface area contributed by atoms with Gasteiger partial charge in [0.15, 0.2) is 32.5 Å². The molecule has 6 aliphatic heterocycles. The molecule has 0 radical (unpaired) electrons. The van der Waals surface area contributed by atoms with Crippen molar-refractivity contribution in [1.29, 1.82) is 0 Å². The smallest absolute Gasteiger partial charge is 0.338 e. The third kappa shape index (κ3) is 20.9. The second-order valence-corrected chi connectivity index (χ2v) is 29.0. The van der Waals surface area contributed by atoms with Crippen LogP contribution in [0.25, 0.3) is 0 Å². The van der Waals surface area contributed by atoms with Crippen molar-refractivity contribution in [2.45, 2.75) is 101 Å². The Bertz CT molecular complexity index is 4610. The average Bonchev–Trinajstić information content (AvgIpc) is 1.43. The van der Waals surface area contributed by atoms with Crippen LogP contribution < -0.4 is 16.0 Å². The number of alkyl halides is 4. The number of ether oxygens (including phenoxy) is 5. The van der Waals surface area contributed by atoms with Crippen molar-refractivity contribution in [3.8, 4) is 0 Å². The first-order valence-electron chi connectivity index (χ1n) is 34.8. The van der Waals surface area contributed by atoms with Crippen LogP contribution >= 0.6 is 34.0 Å². The summed E-state index contributed by atoms with van der Waals surface area (Å²) in [5, 5.41) is 43.4. The number of rotatable bonds is 25. The summed E-state index contributed by atoms with van der Waals surface area (Å²) in [6, 6.07) is 16.0. The molecular formula is C75H79F7N12O14S3. The Morgan fingerprint density at radius 3 is 1.31 bits per heavy atom. The number of nitrogens with one attached hydrogen (secondary N) is 3. The van der Waals surface area contributed by atoms with Crippen molar-refractivity contribution < 1.29 is 98.5 Å². The quantitative estimate of drug-likeness (QED) is 0.0134. The third-order valence-corrected chi connectivity index (χ3v) is 20.6. The molecule has 6 aliphatic rings. The predicted octanol–water partition coefficient (Wildman–Crippen LogP) is 9.60. The van der Waals surface area contributed by atoms with Gasteiger partial charge in [-0.1, -0.05) is 42.5 Å². The Hall–Kier alpha value is -10.2. The van der Waals surface area contributed by atoms with E-state index < -0.39 is 133 Å². The number of carbonyl (C=O) groups excluding carboxylic acids is 3. The molecule has 36 heteroatoms. The number of morpholine rings is 1. The second-order valence-electron chi connectivity index (χ2n) is 26.4. The Morgan fingerprint density at radius 2 is 0.928 bits per heavy atom. The predicted molar refractivity (Wildman–Crippen MR) is 396 cm³/mol. The number of thiazole rings is 3. The van der Waals surface area contributed by atoms with Gasteiger partial charge in [0.2, 0.25) is 0 Å². The van der Waals surface area contributed by atoms with Crippen molar-refractivity contribution in [2.75, 3.05) is 85.4 Å². The molecule has 0 aliphatic carbocycles. The second kappa shape index (κ2) is 36.3. The summed E-state index contributed by atoms with van der Waals surface area (Å²) in [7, 11) is 0. The minimum absolute atomic E-state index is 0.0150. The van der Waals surface area contributed by atoms with Gasteiger partial charge in [-0.05, 0) is 101 Å². The van der Waals surface area contributed by atoms with E-state index in [0.717, 1.165) is 12.2 Å². The zero-order valence-corrected chi connectivity index (χ0v) is 63.2. The SMILES string of the molecule is CCOC(=O)C1=C(CN2CC(F)(F)CC2/C=C/C(=O)O)NC(c2nccs2)=N[C@@]1(C)c1ccc(F)cc1.CCOC(=O)C1=C(CN2CC(OCC(=O)O)CC(F)(F)C2)NC(c2nccs2)=N[C@@]1(C)c1ccc(F)cc1.CCOC(=O)C1=C(CN2CCOC(/C=C/C(=O)O)C2)NC(c2nccs2)=N[C@@]1(C)c1ccc(F)cc1. The van der Waals surface area contributed by atoms with Crippen LogP contribution in [-0.4, -0.2) is 214 Å². The standard InChI is InChI=1S/C25H27F3N4O5S.C25H25F3N4O4S.C25H27FN4O5S/c1-3-36-23(35)20-18(12-32-11-17(37-13-19(33)34)10-25(27,28)14-32)30-21(22-29-8-9-38-22)31-24(20,2)15-4-6-16(26)7-5-15;1-3-36-23(35)20-18(13-32-14-25(27,28)12-17(32)8-9-19(33)34)30-21(22-29-10-11-37-22)31-24(20,2)15-4-6-16(26)7-5-15;1-3-34-24(33)21-19(15-30-11-12-35-18(14-30)8-9-20(31)32)28-22(23-27-10-13-36-23)29-25(21,2)16-4-6-17(26)7-5-16/h4-9,17H,3,10-14H2,1-2H3,(H,30,31)(H,33,34);4-11,17H,3,12-14H2,1-2H3,(H,30,31)(H,33,34);4-10,13,18H,3,11-12,14-15H2,1-2H3,(H,28,29)(H,31,32)/b;2*9-8+/t2*17?,24-;18?,25-/m000/s1. The van der Waals surface area contributed by atoms with Gasteiger partial charge in [0.25, 0.3) is 11.8 Å². The zero-order chi connectivity index (χ0) is 80.0. The first-order valence-corrected chi connectivity index (χ1v) is 37.5. The lowest BCUT2D eigenvalue weighted by Crippen LogP contribution is -2.53. The van der Waals surface area contributed by atoms with E-state index in [-0.39, 0.29) is 62.0 Å². The van der Waals surface area contributed by atoms with Crippen molar-refractivity contribution in [3.63, 3.8) is 0 Å². The molecule has 9 heterocycles. The van der Waals surface area contributed by atoms with Gasteiger partial charge in [-0.15, -0.1) is 34.0 Å². The van der Waals surface area contributed by atoms with Crippen LogP contribution in [0.1, 0.15) is 86.1 Å². The maximum Gasteiger partial charge on any atom is 0.338 e. The lowest BCUT2D eigenvalue weighted by molar-refractivity contribution is -0.154. The van der Waals surface area contributed by atoms with E-state index in [9.17, 15) is 59.5 Å². The molecule has 3 saturated heterocycles. The van der Waals surface area contributed by atoms with Gasteiger partial charge < -0.3 is 55.0 Å². The molecule has 12 rings (SSSR count). The van der Waals surface area contributed by atoms with Crippen LogP contribution in [0.4, 0.5) is 30.7 Å². The van der Waals surface area contributed by atoms with Gasteiger partial charge in [-0.25, -0.2) is 89.4 Å². The van der Waals surface area contributed by atoms with E-state index in [1.54, 1.807) is 83.0 Å². The fourth-order valence-electron chi connectivity index (χ4n) is 13.5. The molecular weight excluding hydrogens is 1520 g/mol. The molecule has 3 fully saturated rings. The van der Waals surface area contributed by atoms with Crippen LogP contribution in [0, 0.1) is 17.5 Å². The van der Waals surface area contributed by atoms with Gasteiger partial charge in [-0.3, -0.25) is 14.7 Å². The molecule has 26 nitrogen and oxygen atoms in total. The summed E-state index contributed by atoms with van der Waals surface area (Å²) < 4.78 is 126. The largest absolute Gasteiger partial charge is 0.480 e. The van der Waals surface area contributed by atoms with Gasteiger partial charge >= 0.3 is 35.8 Å². The van der Waals surface area contributed by atoms with E-state index >= 15 is 0 Å². The Labute approximate surface area is 644 Å². The average molecular weight is 1600 g/mol. The van der Waals surface area contributed by atoms with Gasteiger partial charge in [0.05, 0.1) is 68.4 Å². The first kappa shape index (κ1) is 83.3. The molecule has 111 heavy (non-hydrogen) atoms. The highest BCUT2D eigenvalue weighted by Crippen LogP contribution is 2.44. The number of aliphatic carboxylic acids is 3. The minimum atomic E-state index is -3.15. The Kier molecular flexibility index (Phi) is 27.2.